The first-order valence-corrected chi connectivity index (χ1v) is 10.9. The van der Waals surface area contributed by atoms with Crippen LogP contribution >= 0.6 is 0 Å². The quantitative estimate of drug-likeness (QED) is 0.667. The molecule has 0 spiro atoms. The summed E-state index contributed by atoms with van der Waals surface area (Å²) in [5, 5.41) is 12.2. The van der Waals surface area contributed by atoms with E-state index in [0.717, 1.165) is 31.7 Å². The summed E-state index contributed by atoms with van der Waals surface area (Å²) in [4.78, 5) is 23.9. The van der Waals surface area contributed by atoms with Crippen molar-refractivity contribution in [3.8, 4) is 0 Å². The van der Waals surface area contributed by atoms with Crippen molar-refractivity contribution in [3.63, 3.8) is 0 Å². The first-order valence-electron chi connectivity index (χ1n) is 9.46. The van der Waals surface area contributed by atoms with Gasteiger partial charge in [-0.2, -0.15) is 0 Å². The molecule has 1 fully saturated rings. The van der Waals surface area contributed by atoms with Gasteiger partial charge in [0.05, 0.1) is 21.7 Å². The molecule has 2 aromatic rings. The minimum absolute atomic E-state index is 0.101. The van der Waals surface area contributed by atoms with E-state index in [-0.39, 0.29) is 33.7 Å². The maximum absolute atomic E-state index is 13.0. The van der Waals surface area contributed by atoms with Crippen LogP contribution in [0.3, 0.4) is 0 Å². The van der Waals surface area contributed by atoms with Crippen LogP contribution in [0.1, 0.15) is 57.5 Å². The van der Waals surface area contributed by atoms with E-state index in [2.05, 4.69) is 10.0 Å². The first-order chi connectivity index (χ1) is 13.7. The molecule has 1 aliphatic carbocycles. The zero-order valence-electron chi connectivity index (χ0n) is 16.4. The zero-order chi connectivity index (χ0) is 21.2. The average molecular weight is 416 g/mol. The highest BCUT2D eigenvalue weighted by molar-refractivity contribution is 7.92. The second kappa shape index (κ2) is 8.24. The number of aryl methyl sites for hydroxylation is 1. The molecule has 29 heavy (non-hydrogen) atoms. The van der Waals surface area contributed by atoms with Crippen molar-refractivity contribution in [2.75, 3.05) is 4.72 Å². The van der Waals surface area contributed by atoms with E-state index in [1.165, 1.54) is 12.1 Å². The van der Waals surface area contributed by atoms with Crippen LogP contribution in [0.5, 0.6) is 0 Å². The van der Waals surface area contributed by atoms with E-state index in [1.54, 1.807) is 32.0 Å². The highest BCUT2D eigenvalue weighted by Crippen LogP contribution is 2.26. The van der Waals surface area contributed by atoms with Crippen LogP contribution in [-0.2, 0) is 10.0 Å². The van der Waals surface area contributed by atoms with Crippen LogP contribution in [0, 0.1) is 13.8 Å². The lowest BCUT2D eigenvalue weighted by molar-refractivity contribution is 0.0696. The van der Waals surface area contributed by atoms with Gasteiger partial charge in [-0.25, -0.2) is 13.2 Å². The largest absolute Gasteiger partial charge is 0.478 e. The molecule has 0 aliphatic heterocycles. The van der Waals surface area contributed by atoms with E-state index in [4.69, 9.17) is 0 Å². The summed E-state index contributed by atoms with van der Waals surface area (Å²) in [5.74, 6) is -1.54. The van der Waals surface area contributed by atoms with Gasteiger partial charge in [-0.05, 0) is 62.1 Å². The monoisotopic (exact) mass is 416 g/mol. The van der Waals surface area contributed by atoms with Crippen LogP contribution in [0.25, 0.3) is 0 Å². The Labute approximate surface area is 170 Å². The number of sulfonamides is 1. The lowest BCUT2D eigenvalue weighted by Gasteiger charge is -2.17. The van der Waals surface area contributed by atoms with Crippen LogP contribution in [0.4, 0.5) is 5.69 Å². The molecular formula is C21H24N2O5S. The number of carbonyl (C=O) groups excluding carboxylic acids is 1. The number of rotatable bonds is 6. The lowest BCUT2D eigenvalue weighted by atomic mass is 10.1. The third-order valence-electron chi connectivity index (χ3n) is 5.26. The molecule has 0 radical (unpaired) electrons. The average Bonchev–Trinajstić information content (AvgIpc) is 3.16. The van der Waals surface area contributed by atoms with E-state index in [1.807, 2.05) is 0 Å². The van der Waals surface area contributed by atoms with Crippen LogP contribution in [0.2, 0.25) is 0 Å². The molecule has 3 N–H and O–H groups in total. The number of aromatic carboxylic acids is 1. The second-order valence-electron chi connectivity index (χ2n) is 7.33. The summed E-state index contributed by atoms with van der Waals surface area (Å²) in [6, 6.07) is 9.05. The van der Waals surface area contributed by atoms with Crippen molar-refractivity contribution < 1.29 is 23.1 Å². The number of para-hydroxylation sites is 1. The number of benzene rings is 2. The maximum Gasteiger partial charge on any atom is 0.335 e. The van der Waals surface area contributed by atoms with Crippen molar-refractivity contribution in [1.82, 2.24) is 5.32 Å². The van der Waals surface area contributed by atoms with Crippen molar-refractivity contribution in [2.24, 2.45) is 0 Å². The number of carbonyl (C=O) groups is 2. The van der Waals surface area contributed by atoms with Gasteiger partial charge in [0, 0.05) is 6.04 Å². The minimum Gasteiger partial charge on any atom is -0.478 e. The van der Waals surface area contributed by atoms with Gasteiger partial charge in [0.1, 0.15) is 0 Å². The van der Waals surface area contributed by atoms with E-state index in [0.29, 0.717) is 11.1 Å². The number of anilines is 1. The zero-order valence-corrected chi connectivity index (χ0v) is 17.2. The molecule has 1 saturated carbocycles. The highest BCUT2D eigenvalue weighted by atomic mass is 32.2. The molecule has 0 atom stereocenters. The summed E-state index contributed by atoms with van der Waals surface area (Å²) in [7, 11) is -4.10. The summed E-state index contributed by atoms with van der Waals surface area (Å²) in [6.07, 6.45) is 3.97. The normalized spacial score (nSPS) is 14.6. The summed E-state index contributed by atoms with van der Waals surface area (Å²) in [6.45, 7) is 3.28. The van der Waals surface area contributed by atoms with Crippen molar-refractivity contribution >= 4 is 27.6 Å². The molecule has 0 aromatic heterocycles. The Hall–Kier alpha value is -2.87. The number of carboxylic acid groups (broad SMARTS) is 1. The fourth-order valence-electron chi connectivity index (χ4n) is 3.53. The highest BCUT2D eigenvalue weighted by Gasteiger charge is 2.24. The Balaban J connectivity index is 1.94. The molecule has 0 unspecified atom stereocenters. The predicted molar refractivity (Wildman–Crippen MR) is 110 cm³/mol. The standard InChI is InChI=1S/C21H24N2O5S/c1-13-11-15(21(25)26)12-19(14(13)2)29(27,28)23-18-10-6-5-9-17(18)20(24)22-16-7-3-4-8-16/h5-6,9-12,16,23H,3-4,7-8H2,1-2H3,(H,22,24)(H,25,26). The van der Waals surface area contributed by atoms with Crippen molar-refractivity contribution in [2.45, 2.75) is 50.5 Å². The predicted octanol–water partition coefficient (Wildman–Crippen LogP) is 3.47. The van der Waals surface area contributed by atoms with Gasteiger partial charge in [0.15, 0.2) is 0 Å². The van der Waals surface area contributed by atoms with Gasteiger partial charge in [-0.15, -0.1) is 0 Å². The first kappa shape index (κ1) is 20.9. The van der Waals surface area contributed by atoms with Gasteiger partial charge in [-0.3, -0.25) is 9.52 Å². The van der Waals surface area contributed by atoms with Crippen LogP contribution in [0.15, 0.2) is 41.3 Å². The third kappa shape index (κ3) is 4.59. The molecule has 0 saturated heterocycles. The minimum atomic E-state index is -4.10. The Kier molecular flexibility index (Phi) is 5.93. The summed E-state index contributed by atoms with van der Waals surface area (Å²) >= 11 is 0. The van der Waals surface area contributed by atoms with Gasteiger partial charge in [0.25, 0.3) is 15.9 Å². The van der Waals surface area contributed by atoms with E-state index in [9.17, 15) is 23.1 Å². The van der Waals surface area contributed by atoms with Gasteiger partial charge in [-0.1, -0.05) is 25.0 Å². The maximum atomic E-state index is 13.0. The molecule has 154 valence electrons. The number of hydrogen-bond donors (Lipinski definition) is 3. The second-order valence-corrected chi connectivity index (χ2v) is 8.98. The Bertz CT molecular complexity index is 1060. The number of carboxylic acids is 1. The van der Waals surface area contributed by atoms with Gasteiger partial charge < -0.3 is 10.4 Å². The van der Waals surface area contributed by atoms with Crippen molar-refractivity contribution in [3.05, 3.63) is 58.7 Å². The Morgan fingerprint density at radius 3 is 2.38 bits per heavy atom. The topological polar surface area (TPSA) is 113 Å². The van der Waals surface area contributed by atoms with Gasteiger partial charge >= 0.3 is 5.97 Å². The lowest BCUT2D eigenvalue weighted by Crippen LogP contribution is -2.33. The molecular weight excluding hydrogens is 392 g/mol. The molecule has 3 rings (SSSR count). The molecule has 0 heterocycles. The third-order valence-corrected chi connectivity index (χ3v) is 6.75. The summed E-state index contributed by atoms with van der Waals surface area (Å²) in [5.41, 5.74) is 1.28. The summed E-state index contributed by atoms with van der Waals surface area (Å²) < 4.78 is 28.5. The Morgan fingerprint density at radius 2 is 1.72 bits per heavy atom. The molecule has 8 heteroatoms. The fourth-order valence-corrected chi connectivity index (χ4v) is 4.96. The van der Waals surface area contributed by atoms with E-state index >= 15 is 0 Å². The molecule has 0 bridgehead atoms. The fraction of sp³-hybridized carbons (Fsp3) is 0.333. The SMILES string of the molecule is Cc1cc(C(=O)O)cc(S(=O)(=O)Nc2ccccc2C(=O)NC2CCCC2)c1C. The molecule has 2 aromatic carbocycles. The van der Waals surface area contributed by atoms with Gasteiger partial charge in [0.2, 0.25) is 0 Å². The van der Waals surface area contributed by atoms with Crippen LogP contribution < -0.4 is 10.0 Å². The molecule has 1 aliphatic rings. The molecule has 1 amide bonds. The van der Waals surface area contributed by atoms with Crippen molar-refractivity contribution in [1.29, 1.82) is 0 Å². The molecule has 7 nitrogen and oxygen atoms in total. The number of hydrogen-bond acceptors (Lipinski definition) is 4. The number of nitrogens with one attached hydrogen (secondary N) is 2. The smallest absolute Gasteiger partial charge is 0.335 e. The Morgan fingerprint density at radius 1 is 1.07 bits per heavy atom. The van der Waals surface area contributed by atoms with E-state index < -0.39 is 16.0 Å². The number of amides is 1. The van der Waals surface area contributed by atoms with Crippen LogP contribution in [-0.4, -0.2) is 31.4 Å².